The number of carbonyl (C=O) groups is 1. The number of carbonyl (C=O) groups excluding carboxylic acids is 1. The number of ether oxygens (including phenoxy) is 1. The van der Waals surface area contributed by atoms with E-state index in [4.69, 9.17) is 4.74 Å². The second kappa shape index (κ2) is 14.5. The van der Waals surface area contributed by atoms with Crippen molar-refractivity contribution in [2.45, 2.75) is 52.4 Å². The van der Waals surface area contributed by atoms with Crippen molar-refractivity contribution in [3.8, 4) is 0 Å². The van der Waals surface area contributed by atoms with Crippen molar-refractivity contribution in [3.05, 3.63) is 46.2 Å². The first kappa shape index (κ1) is 21.2. The van der Waals surface area contributed by atoms with Crippen molar-refractivity contribution >= 4 is 29.5 Å². The van der Waals surface area contributed by atoms with Gasteiger partial charge in [0.15, 0.2) is 0 Å². The molecule has 0 fully saturated rings. The summed E-state index contributed by atoms with van der Waals surface area (Å²) in [6.45, 7) is 4.93. The Hall–Kier alpha value is -0.870. The van der Waals surface area contributed by atoms with Crippen LogP contribution >= 0.6 is 23.5 Å². The number of rotatable bonds is 13. The molecule has 0 aliphatic rings. The van der Waals surface area contributed by atoms with Gasteiger partial charge in [0.2, 0.25) is 0 Å². The summed E-state index contributed by atoms with van der Waals surface area (Å²) in [7, 11) is 0. The lowest BCUT2D eigenvalue weighted by Crippen LogP contribution is -2.06. The molecule has 2 nitrogen and oxygen atoms in total. The van der Waals surface area contributed by atoms with E-state index < -0.39 is 0 Å². The van der Waals surface area contributed by atoms with Gasteiger partial charge in [0.05, 0.1) is 12.2 Å². The molecule has 0 unspecified atom stereocenters. The molecule has 134 valence electrons. The summed E-state index contributed by atoms with van der Waals surface area (Å²) in [5.74, 6) is 2.15. The maximum absolute atomic E-state index is 11.9. The molecule has 0 bridgehead atoms. The van der Waals surface area contributed by atoms with Gasteiger partial charge in [-0.05, 0) is 59.6 Å². The number of hydrogen-bond acceptors (Lipinski definition) is 4. The first-order valence-electron chi connectivity index (χ1n) is 8.93. The van der Waals surface area contributed by atoms with Crippen molar-refractivity contribution < 1.29 is 9.53 Å². The van der Waals surface area contributed by atoms with Gasteiger partial charge in [-0.1, -0.05) is 44.9 Å². The summed E-state index contributed by atoms with van der Waals surface area (Å²) in [6.07, 6.45) is 6.88. The van der Waals surface area contributed by atoms with Crippen LogP contribution in [0.3, 0.4) is 0 Å². The normalized spacial score (nSPS) is 11.5. The second-order valence-electron chi connectivity index (χ2n) is 5.62. The minimum absolute atomic E-state index is 0.225. The molecule has 1 aromatic carbocycles. The van der Waals surface area contributed by atoms with E-state index in [2.05, 4.69) is 19.3 Å². The predicted octanol–water partition coefficient (Wildman–Crippen LogP) is 6.53. The van der Waals surface area contributed by atoms with Crippen molar-refractivity contribution in [3.63, 3.8) is 0 Å². The van der Waals surface area contributed by atoms with Gasteiger partial charge in [-0.15, -0.1) is 23.5 Å². The SMILES string of the molecule is CCCCS/C=C(/CCCOC(=O)c1ccccc1)SCCCC. The fourth-order valence-electron chi connectivity index (χ4n) is 1.96. The van der Waals surface area contributed by atoms with E-state index in [1.807, 2.05) is 41.7 Å². The Balaban J connectivity index is 2.30. The number of benzene rings is 1. The molecular weight excluding hydrogens is 336 g/mol. The number of esters is 1. The van der Waals surface area contributed by atoms with Crippen LogP contribution in [0.15, 0.2) is 40.6 Å². The Morgan fingerprint density at radius 2 is 1.75 bits per heavy atom. The highest BCUT2D eigenvalue weighted by atomic mass is 32.2. The van der Waals surface area contributed by atoms with Gasteiger partial charge in [-0.2, -0.15) is 0 Å². The van der Waals surface area contributed by atoms with Gasteiger partial charge < -0.3 is 4.74 Å². The maximum Gasteiger partial charge on any atom is 0.338 e. The van der Waals surface area contributed by atoms with Crippen LogP contribution in [0.1, 0.15) is 62.7 Å². The molecule has 0 heterocycles. The van der Waals surface area contributed by atoms with E-state index in [9.17, 15) is 4.79 Å². The maximum atomic E-state index is 11.9. The highest BCUT2D eigenvalue weighted by molar-refractivity contribution is 8.06. The Morgan fingerprint density at radius 3 is 2.46 bits per heavy atom. The molecule has 0 radical (unpaired) electrons. The highest BCUT2D eigenvalue weighted by Crippen LogP contribution is 2.26. The summed E-state index contributed by atoms with van der Waals surface area (Å²) in [5.41, 5.74) is 0.626. The topological polar surface area (TPSA) is 26.3 Å². The number of allylic oxidation sites excluding steroid dienone is 1. The molecule has 1 rings (SSSR count). The summed E-state index contributed by atoms with van der Waals surface area (Å²) < 4.78 is 5.36. The van der Waals surface area contributed by atoms with E-state index >= 15 is 0 Å². The Bertz CT molecular complexity index is 472. The summed E-state index contributed by atoms with van der Waals surface area (Å²) >= 11 is 3.87. The smallest absolute Gasteiger partial charge is 0.338 e. The van der Waals surface area contributed by atoms with E-state index in [1.165, 1.54) is 42.1 Å². The lowest BCUT2D eigenvalue weighted by Gasteiger charge is -2.08. The molecule has 0 aliphatic heterocycles. The van der Waals surface area contributed by atoms with E-state index in [1.54, 1.807) is 12.1 Å². The van der Waals surface area contributed by atoms with E-state index in [-0.39, 0.29) is 5.97 Å². The lowest BCUT2D eigenvalue weighted by molar-refractivity contribution is 0.0501. The van der Waals surface area contributed by atoms with Crippen LogP contribution in [0.25, 0.3) is 0 Å². The minimum atomic E-state index is -0.225. The van der Waals surface area contributed by atoms with Crippen molar-refractivity contribution in [2.24, 2.45) is 0 Å². The Labute approximate surface area is 155 Å². The van der Waals surface area contributed by atoms with Crippen LogP contribution in [-0.4, -0.2) is 24.1 Å². The zero-order chi connectivity index (χ0) is 17.5. The molecule has 0 aliphatic carbocycles. The molecule has 0 N–H and O–H groups in total. The first-order chi connectivity index (χ1) is 11.8. The fourth-order valence-corrected chi connectivity index (χ4v) is 4.30. The van der Waals surface area contributed by atoms with Gasteiger partial charge in [0.25, 0.3) is 0 Å². The van der Waals surface area contributed by atoms with Crippen LogP contribution in [-0.2, 0) is 4.74 Å². The molecular formula is C20H30O2S2. The molecule has 0 aromatic heterocycles. The van der Waals surface area contributed by atoms with Crippen LogP contribution in [0.2, 0.25) is 0 Å². The number of hydrogen-bond donors (Lipinski definition) is 0. The van der Waals surface area contributed by atoms with Crippen LogP contribution in [0.4, 0.5) is 0 Å². The molecule has 4 heteroatoms. The van der Waals surface area contributed by atoms with Crippen molar-refractivity contribution in [2.75, 3.05) is 18.1 Å². The first-order valence-corrected chi connectivity index (χ1v) is 11.0. The Morgan fingerprint density at radius 1 is 1.04 bits per heavy atom. The highest BCUT2D eigenvalue weighted by Gasteiger charge is 2.06. The molecule has 0 amide bonds. The van der Waals surface area contributed by atoms with Gasteiger partial charge in [0, 0.05) is 0 Å². The monoisotopic (exact) mass is 366 g/mol. The number of unbranched alkanes of at least 4 members (excludes halogenated alkanes) is 2. The molecule has 0 spiro atoms. The summed E-state index contributed by atoms with van der Waals surface area (Å²) in [6, 6.07) is 9.19. The van der Waals surface area contributed by atoms with Crippen molar-refractivity contribution in [1.82, 2.24) is 0 Å². The lowest BCUT2D eigenvalue weighted by atomic mass is 10.2. The number of thioether (sulfide) groups is 2. The average Bonchev–Trinajstić information content (AvgIpc) is 2.62. The third kappa shape index (κ3) is 10.1. The predicted molar refractivity (Wildman–Crippen MR) is 109 cm³/mol. The fraction of sp³-hybridized carbons (Fsp3) is 0.550. The zero-order valence-electron chi connectivity index (χ0n) is 15.0. The zero-order valence-corrected chi connectivity index (χ0v) is 16.6. The van der Waals surface area contributed by atoms with Gasteiger partial charge in [0.1, 0.15) is 0 Å². The van der Waals surface area contributed by atoms with Crippen LogP contribution in [0, 0.1) is 0 Å². The third-order valence-corrected chi connectivity index (χ3v) is 5.74. The van der Waals surface area contributed by atoms with Crippen molar-refractivity contribution in [1.29, 1.82) is 0 Å². The molecule has 1 aromatic rings. The van der Waals surface area contributed by atoms with E-state index in [0.29, 0.717) is 12.2 Å². The van der Waals surface area contributed by atoms with Gasteiger partial charge >= 0.3 is 5.97 Å². The molecule has 0 saturated carbocycles. The van der Waals surface area contributed by atoms with Crippen LogP contribution < -0.4 is 0 Å². The van der Waals surface area contributed by atoms with E-state index in [0.717, 1.165) is 12.8 Å². The van der Waals surface area contributed by atoms with Gasteiger partial charge in [-0.3, -0.25) is 0 Å². The third-order valence-electron chi connectivity index (χ3n) is 3.43. The van der Waals surface area contributed by atoms with Gasteiger partial charge in [-0.25, -0.2) is 4.79 Å². The molecule has 24 heavy (non-hydrogen) atoms. The largest absolute Gasteiger partial charge is 0.462 e. The quantitative estimate of drug-likeness (QED) is 0.293. The Kier molecular flexibility index (Phi) is 12.8. The average molecular weight is 367 g/mol. The summed E-state index contributed by atoms with van der Waals surface area (Å²) in [5, 5.41) is 2.31. The molecule has 0 atom stereocenters. The van der Waals surface area contributed by atoms with Crippen LogP contribution in [0.5, 0.6) is 0 Å². The summed E-state index contributed by atoms with van der Waals surface area (Å²) in [4.78, 5) is 13.3. The minimum Gasteiger partial charge on any atom is -0.462 e. The second-order valence-corrected chi connectivity index (χ2v) is 7.81. The standard InChI is InChI=1S/C20H30O2S2/c1-3-5-15-23-17-19(24-16-6-4-2)13-10-14-22-20(21)18-11-8-7-9-12-18/h7-9,11-12,17H,3-6,10,13-16H2,1-2H3/b19-17-. The molecule has 0 saturated heterocycles.